The molecule has 0 bridgehead atoms. The third-order valence-electron chi connectivity index (χ3n) is 21.6. The van der Waals surface area contributed by atoms with E-state index in [0.717, 1.165) is 102 Å². The van der Waals surface area contributed by atoms with E-state index in [4.69, 9.17) is 37.0 Å². The first-order valence-corrected chi connectivity index (χ1v) is 49.5. The highest BCUT2D eigenvalue weighted by molar-refractivity contribution is 7.47. The summed E-state index contributed by atoms with van der Waals surface area (Å²) in [6, 6.07) is 0. The van der Waals surface area contributed by atoms with Gasteiger partial charge in [-0.15, -0.1) is 0 Å². The van der Waals surface area contributed by atoms with Crippen LogP contribution in [0.1, 0.15) is 485 Å². The fourth-order valence-electron chi connectivity index (χ4n) is 14.1. The first-order chi connectivity index (χ1) is 52.9. The van der Waals surface area contributed by atoms with Crippen LogP contribution in [0.3, 0.4) is 0 Å². The van der Waals surface area contributed by atoms with Crippen LogP contribution in [0, 0.1) is 11.8 Å². The zero-order chi connectivity index (χ0) is 79.9. The molecule has 19 heteroatoms. The molecule has 0 saturated carbocycles. The summed E-state index contributed by atoms with van der Waals surface area (Å²) in [5.74, 6) is -0.482. The van der Waals surface area contributed by atoms with E-state index in [-0.39, 0.29) is 25.7 Å². The highest BCUT2D eigenvalue weighted by Gasteiger charge is 2.31. The second kappa shape index (κ2) is 81.2. The maximum absolute atomic E-state index is 13.2. The van der Waals surface area contributed by atoms with Crippen molar-refractivity contribution >= 4 is 39.5 Å². The molecule has 0 spiro atoms. The van der Waals surface area contributed by atoms with Crippen LogP contribution in [0.2, 0.25) is 0 Å². The average Bonchev–Trinajstić information content (AvgIpc) is 0.904. The predicted octanol–water partition coefficient (Wildman–Crippen LogP) is 27.8. The number of carbonyl (C=O) groups excluding carboxylic acids is 4. The highest BCUT2D eigenvalue weighted by Crippen LogP contribution is 2.45. The number of carbonyl (C=O) groups is 4. The van der Waals surface area contributed by atoms with Crippen LogP contribution < -0.4 is 0 Å². The Kier molecular flexibility index (Phi) is 79.8. The van der Waals surface area contributed by atoms with E-state index < -0.39 is 97.5 Å². The van der Waals surface area contributed by atoms with Gasteiger partial charge in [-0.1, -0.05) is 433 Å². The van der Waals surface area contributed by atoms with Gasteiger partial charge in [-0.25, -0.2) is 9.13 Å². The van der Waals surface area contributed by atoms with Crippen LogP contribution in [0.25, 0.3) is 0 Å². The summed E-state index contributed by atoms with van der Waals surface area (Å²) in [5.41, 5.74) is 0. The van der Waals surface area contributed by atoms with Crippen molar-refractivity contribution in [3.05, 3.63) is 0 Å². The van der Waals surface area contributed by atoms with Gasteiger partial charge in [-0.3, -0.25) is 37.3 Å². The number of phosphoric ester groups is 2. The van der Waals surface area contributed by atoms with E-state index in [2.05, 4.69) is 41.5 Å². The predicted molar refractivity (Wildman–Crippen MR) is 451 cm³/mol. The van der Waals surface area contributed by atoms with Crippen LogP contribution in [0.4, 0.5) is 0 Å². The van der Waals surface area contributed by atoms with E-state index in [9.17, 15) is 43.2 Å². The molecule has 0 rings (SSSR count). The van der Waals surface area contributed by atoms with E-state index in [1.165, 1.54) is 302 Å². The largest absolute Gasteiger partial charge is 0.472 e. The number of aliphatic hydroxyl groups excluding tert-OH is 1. The van der Waals surface area contributed by atoms with Crippen LogP contribution >= 0.6 is 15.6 Å². The second-order valence-corrected chi connectivity index (χ2v) is 36.0. The zero-order valence-corrected chi connectivity index (χ0v) is 73.7. The quantitative estimate of drug-likeness (QED) is 0.0222. The topological polar surface area (TPSA) is 237 Å². The van der Waals surface area contributed by atoms with Gasteiger partial charge in [0.05, 0.1) is 26.4 Å². The molecule has 0 fully saturated rings. The Morgan fingerprint density at radius 2 is 0.468 bits per heavy atom. The Balaban J connectivity index is 5.24. The minimum Gasteiger partial charge on any atom is -0.462 e. The number of ether oxygens (including phenoxy) is 4. The minimum absolute atomic E-state index is 0.108. The Hall–Kier alpha value is -1.94. The molecule has 0 radical (unpaired) electrons. The molecule has 0 aliphatic carbocycles. The first-order valence-electron chi connectivity index (χ1n) is 46.5. The third-order valence-corrected chi connectivity index (χ3v) is 23.5. The Bertz CT molecular complexity index is 2080. The SMILES string of the molecule is CCCCCCCCCCCCCCCCCCCCCCC(=O)OC[C@H](COP(=O)(O)OC[C@@H](O)COP(=O)(O)OC[C@@H](COC(=O)CCCCCCCCCCCC(C)C)OC(=O)CCCCCCCCCCCCCCCCC)OC(=O)CCCCCCCCCCCCCCCCCCCCC(C)CC. The lowest BCUT2D eigenvalue weighted by atomic mass is 9.99. The number of hydrogen-bond acceptors (Lipinski definition) is 15. The molecule has 0 heterocycles. The van der Waals surface area contributed by atoms with Crippen LogP contribution in [-0.2, 0) is 65.4 Å². The minimum atomic E-state index is -4.97. The molecular formula is C90H176O17P2. The van der Waals surface area contributed by atoms with Gasteiger partial charge in [-0.2, -0.15) is 0 Å². The lowest BCUT2D eigenvalue weighted by Gasteiger charge is -2.21. The van der Waals surface area contributed by atoms with E-state index in [1.807, 2.05) is 0 Å². The van der Waals surface area contributed by atoms with Crippen molar-refractivity contribution in [1.82, 2.24) is 0 Å². The van der Waals surface area contributed by atoms with Crippen molar-refractivity contribution in [2.75, 3.05) is 39.6 Å². The molecule has 0 aliphatic rings. The molecule has 6 atom stereocenters. The molecule has 0 aromatic carbocycles. The van der Waals surface area contributed by atoms with E-state index >= 15 is 0 Å². The molecule has 0 aromatic rings. The number of aliphatic hydroxyl groups is 1. The summed E-state index contributed by atoms with van der Waals surface area (Å²) in [7, 11) is -9.93. The van der Waals surface area contributed by atoms with Crippen LogP contribution in [0.15, 0.2) is 0 Å². The normalized spacial score (nSPS) is 14.0. The summed E-state index contributed by atoms with van der Waals surface area (Å²) in [6.07, 6.45) is 75.0. The molecular weight excluding hydrogens is 1410 g/mol. The maximum Gasteiger partial charge on any atom is 0.472 e. The Morgan fingerprint density at radius 3 is 0.697 bits per heavy atom. The highest BCUT2D eigenvalue weighted by atomic mass is 31.2. The van der Waals surface area contributed by atoms with Gasteiger partial charge in [0.15, 0.2) is 12.2 Å². The van der Waals surface area contributed by atoms with Gasteiger partial charge in [0.25, 0.3) is 0 Å². The fraction of sp³-hybridized carbons (Fsp3) is 0.956. The van der Waals surface area contributed by atoms with Gasteiger partial charge < -0.3 is 33.8 Å². The summed E-state index contributed by atoms with van der Waals surface area (Å²) in [4.78, 5) is 73.4. The summed E-state index contributed by atoms with van der Waals surface area (Å²) >= 11 is 0. The van der Waals surface area contributed by atoms with E-state index in [1.54, 1.807) is 0 Å². The van der Waals surface area contributed by atoms with Gasteiger partial charge in [0, 0.05) is 25.7 Å². The van der Waals surface area contributed by atoms with E-state index in [0.29, 0.717) is 25.7 Å². The zero-order valence-electron chi connectivity index (χ0n) is 71.9. The van der Waals surface area contributed by atoms with Gasteiger partial charge in [-0.05, 0) is 37.5 Å². The van der Waals surface area contributed by atoms with Crippen molar-refractivity contribution in [2.45, 2.75) is 503 Å². The molecule has 3 unspecified atom stereocenters. The molecule has 0 amide bonds. The number of esters is 4. The maximum atomic E-state index is 13.2. The summed E-state index contributed by atoms with van der Waals surface area (Å²) in [5, 5.41) is 10.7. The summed E-state index contributed by atoms with van der Waals surface area (Å²) < 4.78 is 69.0. The molecule has 0 saturated heterocycles. The number of unbranched alkanes of at least 4 members (excludes halogenated alkanes) is 58. The van der Waals surface area contributed by atoms with Crippen LogP contribution in [0.5, 0.6) is 0 Å². The lowest BCUT2D eigenvalue weighted by Crippen LogP contribution is -2.30. The standard InChI is InChI=1S/C90H176O17P2/c1-7-10-12-14-16-18-20-22-24-25-26-27-31-35-38-42-48-54-60-66-72-87(92)100-78-85(106-90(95)75-69-63-57-50-44-40-36-32-29-28-30-34-37-41-47-53-59-65-71-83(6)9-3)80-104-108(96,97)102-76-84(91)77-103-109(98,99)105-81-86(79-101-88(93)73-67-61-55-51-45-46-52-58-64-70-82(4)5)107-89(94)74-68-62-56-49-43-39-33-23-21-19-17-15-13-11-8-2/h82-86,91H,7-81H2,1-6H3,(H,96,97)(H,98,99)/t83?,84-,85-,86-/m1/s1. The second-order valence-electron chi connectivity index (χ2n) is 33.1. The number of hydrogen-bond donors (Lipinski definition) is 3. The van der Waals surface area contributed by atoms with Crippen molar-refractivity contribution in [3.63, 3.8) is 0 Å². The van der Waals surface area contributed by atoms with Crippen molar-refractivity contribution in [1.29, 1.82) is 0 Å². The molecule has 109 heavy (non-hydrogen) atoms. The van der Waals surface area contributed by atoms with Gasteiger partial charge >= 0.3 is 39.5 Å². The smallest absolute Gasteiger partial charge is 0.462 e. The molecule has 3 N–H and O–H groups in total. The molecule has 648 valence electrons. The average molecular weight is 1590 g/mol. The lowest BCUT2D eigenvalue weighted by molar-refractivity contribution is -0.161. The number of rotatable bonds is 89. The molecule has 17 nitrogen and oxygen atoms in total. The van der Waals surface area contributed by atoms with Crippen molar-refractivity contribution in [2.24, 2.45) is 11.8 Å². The monoisotopic (exact) mass is 1590 g/mol. The first kappa shape index (κ1) is 107. The van der Waals surface area contributed by atoms with Crippen molar-refractivity contribution in [3.8, 4) is 0 Å². The van der Waals surface area contributed by atoms with Crippen molar-refractivity contribution < 1.29 is 80.2 Å². The Morgan fingerprint density at radius 1 is 0.266 bits per heavy atom. The summed E-state index contributed by atoms with van der Waals surface area (Å²) in [6.45, 7) is 9.75. The van der Waals surface area contributed by atoms with Gasteiger partial charge in [0.2, 0.25) is 0 Å². The Labute approximate surface area is 670 Å². The molecule has 0 aromatic heterocycles. The number of phosphoric acid groups is 2. The van der Waals surface area contributed by atoms with Crippen LogP contribution in [-0.4, -0.2) is 96.7 Å². The fourth-order valence-corrected chi connectivity index (χ4v) is 15.7. The molecule has 0 aliphatic heterocycles. The third kappa shape index (κ3) is 82.4. The van der Waals surface area contributed by atoms with Gasteiger partial charge in [0.1, 0.15) is 19.3 Å².